The molecule has 0 radical (unpaired) electrons. The molecular formula is C20H21ClN2O4S2. The number of thioether (sulfide) groups is 1. The van der Waals surface area contributed by atoms with E-state index >= 15 is 0 Å². The van der Waals surface area contributed by atoms with Crippen LogP contribution in [0.5, 0.6) is 11.5 Å². The molecule has 0 saturated carbocycles. The number of benzene rings is 2. The van der Waals surface area contributed by atoms with E-state index < -0.39 is 9.84 Å². The van der Waals surface area contributed by atoms with Gasteiger partial charge in [-0.05, 0) is 29.8 Å². The molecule has 0 spiro atoms. The summed E-state index contributed by atoms with van der Waals surface area (Å²) in [7, 11) is 0.0773. The number of sulfone groups is 1. The second kappa shape index (κ2) is 8.08. The van der Waals surface area contributed by atoms with Gasteiger partial charge in [0.2, 0.25) is 0 Å². The van der Waals surface area contributed by atoms with Gasteiger partial charge in [0.1, 0.15) is 11.5 Å². The lowest BCUT2D eigenvalue weighted by atomic mass is 10.1. The lowest BCUT2D eigenvalue weighted by molar-refractivity contribution is 0.403. The van der Waals surface area contributed by atoms with Crippen LogP contribution in [0.25, 0.3) is 0 Å². The van der Waals surface area contributed by atoms with Crippen molar-refractivity contribution >= 4 is 44.1 Å². The maximum Gasteiger partial charge on any atom is 0.164 e. The van der Waals surface area contributed by atoms with Gasteiger partial charge in [-0.2, -0.15) is 0 Å². The molecule has 4 rings (SSSR count). The van der Waals surface area contributed by atoms with Gasteiger partial charge in [0.25, 0.3) is 0 Å². The smallest absolute Gasteiger partial charge is 0.164 e. The van der Waals surface area contributed by atoms with E-state index in [9.17, 15) is 8.42 Å². The van der Waals surface area contributed by atoms with E-state index in [0.29, 0.717) is 22.3 Å². The van der Waals surface area contributed by atoms with Crippen LogP contribution in [0, 0.1) is 0 Å². The van der Waals surface area contributed by atoms with Gasteiger partial charge in [0, 0.05) is 16.8 Å². The molecule has 2 aromatic carbocycles. The standard InChI is InChI=1S/C20H21ClN2O4S2/c1-26-15-7-8-19(27-2)17(9-15)23-18-12-29(24,25)11-16(18)22-20(23)28-10-13-3-5-14(21)6-4-13/h3-9,16,18H,10-12H2,1-2H3/t16-,18+/m0/s1. The Morgan fingerprint density at radius 3 is 2.59 bits per heavy atom. The maximum atomic E-state index is 12.2. The Balaban J connectivity index is 1.68. The zero-order valence-corrected chi connectivity index (χ0v) is 18.4. The molecule has 2 heterocycles. The van der Waals surface area contributed by atoms with Gasteiger partial charge in [-0.15, -0.1) is 0 Å². The van der Waals surface area contributed by atoms with Crippen LogP contribution in [-0.2, 0) is 15.6 Å². The van der Waals surface area contributed by atoms with Gasteiger partial charge in [0.05, 0.1) is 43.5 Å². The number of methoxy groups -OCH3 is 2. The number of halogens is 1. The number of hydrogen-bond acceptors (Lipinski definition) is 7. The molecule has 29 heavy (non-hydrogen) atoms. The molecular weight excluding hydrogens is 432 g/mol. The fourth-order valence-corrected chi connectivity index (χ4v) is 6.67. The fourth-order valence-electron chi connectivity index (χ4n) is 3.63. The Kier molecular flexibility index (Phi) is 5.68. The van der Waals surface area contributed by atoms with Crippen LogP contribution in [-0.4, -0.2) is 51.4 Å². The van der Waals surface area contributed by atoms with E-state index in [2.05, 4.69) is 0 Å². The highest BCUT2D eigenvalue weighted by molar-refractivity contribution is 8.13. The first kappa shape index (κ1) is 20.4. The third-order valence-corrected chi connectivity index (χ3v) is 8.02. The monoisotopic (exact) mass is 452 g/mol. The Labute approximate surface area is 179 Å². The van der Waals surface area contributed by atoms with Gasteiger partial charge < -0.3 is 14.4 Å². The summed E-state index contributed by atoms with van der Waals surface area (Å²) in [6.07, 6.45) is 0. The number of ether oxygens (including phenoxy) is 2. The van der Waals surface area contributed by atoms with Crippen LogP contribution in [0.2, 0.25) is 5.02 Å². The predicted octanol–water partition coefficient (Wildman–Crippen LogP) is 3.63. The second-order valence-electron chi connectivity index (χ2n) is 6.95. The van der Waals surface area contributed by atoms with Crippen molar-refractivity contribution in [2.24, 2.45) is 4.99 Å². The molecule has 9 heteroatoms. The molecule has 6 nitrogen and oxygen atoms in total. The van der Waals surface area contributed by atoms with Gasteiger partial charge in [-0.25, -0.2) is 8.42 Å². The van der Waals surface area contributed by atoms with E-state index in [1.54, 1.807) is 26.0 Å². The Bertz CT molecular complexity index is 1040. The second-order valence-corrected chi connectivity index (χ2v) is 10.5. The maximum absolute atomic E-state index is 12.2. The van der Waals surface area contributed by atoms with E-state index in [1.165, 1.54) is 0 Å². The molecule has 0 bridgehead atoms. The number of nitrogens with zero attached hydrogens (tertiary/aromatic N) is 2. The van der Waals surface area contributed by atoms with Gasteiger partial charge >= 0.3 is 0 Å². The highest BCUT2D eigenvalue weighted by Crippen LogP contribution is 2.41. The summed E-state index contributed by atoms with van der Waals surface area (Å²) in [6.45, 7) is 0. The van der Waals surface area contributed by atoms with E-state index in [0.717, 1.165) is 16.4 Å². The fraction of sp³-hybridized carbons (Fsp3) is 0.350. The lowest BCUT2D eigenvalue weighted by Crippen LogP contribution is -2.39. The quantitative estimate of drug-likeness (QED) is 0.690. The molecule has 1 fully saturated rings. The topological polar surface area (TPSA) is 68.2 Å². The highest BCUT2D eigenvalue weighted by atomic mass is 35.5. The first-order chi connectivity index (χ1) is 13.9. The summed E-state index contributed by atoms with van der Waals surface area (Å²) in [4.78, 5) is 6.77. The van der Waals surface area contributed by atoms with Crippen molar-refractivity contribution in [1.82, 2.24) is 0 Å². The summed E-state index contributed by atoms with van der Waals surface area (Å²) in [5, 5.41) is 1.48. The number of rotatable bonds is 5. The number of hydrogen-bond donors (Lipinski definition) is 0. The predicted molar refractivity (Wildman–Crippen MR) is 118 cm³/mol. The summed E-state index contributed by atoms with van der Waals surface area (Å²) < 4.78 is 35.4. The zero-order valence-electron chi connectivity index (χ0n) is 16.0. The van der Waals surface area contributed by atoms with Crippen molar-refractivity contribution in [1.29, 1.82) is 0 Å². The van der Waals surface area contributed by atoms with E-state index in [-0.39, 0.29) is 23.6 Å². The molecule has 0 aliphatic carbocycles. The normalized spacial score (nSPS) is 22.3. The lowest BCUT2D eigenvalue weighted by Gasteiger charge is -2.28. The summed E-state index contributed by atoms with van der Waals surface area (Å²) >= 11 is 7.55. The summed E-state index contributed by atoms with van der Waals surface area (Å²) in [5.41, 5.74) is 1.88. The molecule has 0 N–H and O–H groups in total. The zero-order chi connectivity index (χ0) is 20.6. The van der Waals surface area contributed by atoms with Crippen molar-refractivity contribution in [3.8, 4) is 11.5 Å². The van der Waals surface area contributed by atoms with Crippen LogP contribution < -0.4 is 14.4 Å². The SMILES string of the molecule is COc1ccc(OC)c(N2C(SCc3ccc(Cl)cc3)=N[C@H]3CS(=O)(=O)C[C@H]32)c1. The summed E-state index contributed by atoms with van der Waals surface area (Å²) in [6, 6.07) is 12.7. The van der Waals surface area contributed by atoms with Crippen LogP contribution in [0.4, 0.5) is 5.69 Å². The number of amidine groups is 1. The number of aliphatic imine (C=N–C) groups is 1. The molecule has 1 saturated heterocycles. The van der Waals surface area contributed by atoms with Crippen molar-refractivity contribution in [3.63, 3.8) is 0 Å². The third kappa shape index (κ3) is 4.20. The van der Waals surface area contributed by atoms with Crippen LogP contribution >= 0.6 is 23.4 Å². The molecule has 2 aliphatic rings. The van der Waals surface area contributed by atoms with Crippen LogP contribution in [0.3, 0.4) is 0 Å². The first-order valence-corrected chi connectivity index (χ1v) is 12.3. The minimum absolute atomic E-state index is 0.0749. The molecule has 2 aromatic rings. The van der Waals surface area contributed by atoms with E-state index in [4.69, 9.17) is 26.1 Å². The Morgan fingerprint density at radius 2 is 1.90 bits per heavy atom. The Hall–Kier alpha value is -1.90. The van der Waals surface area contributed by atoms with Gasteiger partial charge in [-0.3, -0.25) is 4.99 Å². The third-order valence-electron chi connectivity index (χ3n) is 5.03. The van der Waals surface area contributed by atoms with Crippen molar-refractivity contribution in [2.75, 3.05) is 30.6 Å². The highest BCUT2D eigenvalue weighted by Gasteiger charge is 2.47. The molecule has 0 amide bonds. The molecule has 2 atom stereocenters. The molecule has 154 valence electrons. The first-order valence-electron chi connectivity index (χ1n) is 9.07. The minimum Gasteiger partial charge on any atom is -0.497 e. The van der Waals surface area contributed by atoms with Gasteiger partial charge in [0.15, 0.2) is 15.0 Å². The largest absolute Gasteiger partial charge is 0.497 e. The van der Waals surface area contributed by atoms with Crippen LogP contribution in [0.15, 0.2) is 47.5 Å². The minimum atomic E-state index is -3.12. The van der Waals surface area contributed by atoms with Crippen molar-refractivity contribution in [3.05, 3.63) is 53.1 Å². The van der Waals surface area contributed by atoms with Gasteiger partial charge in [-0.1, -0.05) is 35.5 Å². The molecule has 0 aromatic heterocycles. The van der Waals surface area contributed by atoms with E-state index in [1.807, 2.05) is 47.4 Å². The average Bonchev–Trinajstić information content (AvgIpc) is 3.17. The molecule has 0 unspecified atom stereocenters. The van der Waals surface area contributed by atoms with Crippen molar-refractivity contribution < 1.29 is 17.9 Å². The Morgan fingerprint density at radius 1 is 1.14 bits per heavy atom. The molecule has 2 aliphatic heterocycles. The summed E-state index contributed by atoms with van der Waals surface area (Å²) in [5.74, 6) is 2.17. The average molecular weight is 453 g/mol. The number of fused-ring (bicyclic) bond motifs is 1. The van der Waals surface area contributed by atoms with Crippen molar-refractivity contribution in [2.45, 2.75) is 17.8 Å². The van der Waals surface area contributed by atoms with Crippen LogP contribution in [0.1, 0.15) is 5.56 Å². The number of anilines is 1.